The van der Waals surface area contributed by atoms with Crippen LogP contribution in [0.2, 0.25) is 0 Å². The summed E-state index contributed by atoms with van der Waals surface area (Å²) in [7, 11) is 0. The van der Waals surface area contributed by atoms with Crippen LogP contribution in [0.5, 0.6) is 0 Å². The molecule has 2 N–H and O–H groups in total. The van der Waals surface area contributed by atoms with E-state index < -0.39 is 4.92 Å². The second-order valence-electron chi connectivity index (χ2n) is 9.61. The van der Waals surface area contributed by atoms with Gasteiger partial charge in [-0.15, -0.1) is 12.4 Å². The number of hydrogen-bond acceptors (Lipinski definition) is 9. The summed E-state index contributed by atoms with van der Waals surface area (Å²) >= 11 is 0. The lowest BCUT2D eigenvalue weighted by Gasteiger charge is -2.32. The standard InChI is InChI=1S/C29H30N8O2.ClH/c1-21-7-11-25(12-8-21)31-27-32-28(35-30-20-24-9-13-26(14-10-24)37(38)39)34-29(33-27)36-17-15-23(16-18-36)19-22-5-3-2-4-6-22;/h2-14,20,23H,15-19H2,1H3,(H2,31,32,33,34,35);1H. The predicted molar refractivity (Wildman–Crippen MR) is 161 cm³/mol. The highest BCUT2D eigenvalue weighted by atomic mass is 35.5. The first-order valence-electron chi connectivity index (χ1n) is 12.9. The van der Waals surface area contributed by atoms with Crippen LogP contribution in [0.15, 0.2) is 84.0 Å². The maximum absolute atomic E-state index is 10.9. The number of anilines is 4. The van der Waals surface area contributed by atoms with E-state index in [4.69, 9.17) is 4.98 Å². The van der Waals surface area contributed by atoms with E-state index in [1.165, 1.54) is 17.7 Å². The van der Waals surface area contributed by atoms with Gasteiger partial charge in [0.2, 0.25) is 17.8 Å². The first-order valence-corrected chi connectivity index (χ1v) is 12.9. The first-order chi connectivity index (χ1) is 19.0. The van der Waals surface area contributed by atoms with Gasteiger partial charge in [-0.05, 0) is 67.5 Å². The summed E-state index contributed by atoms with van der Waals surface area (Å²) in [5.74, 6) is 1.94. The minimum Gasteiger partial charge on any atom is -0.341 e. The lowest BCUT2D eigenvalue weighted by Crippen LogP contribution is -2.35. The Morgan fingerprint density at radius 2 is 1.62 bits per heavy atom. The number of nitro groups is 1. The van der Waals surface area contributed by atoms with Gasteiger partial charge in [0.25, 0.3) is 5.69 Å². The Morgan fingerprint density at radius 3 is 2.30 bits per heavy atom. The Labute approximate surface area is 239 Å². The molecule has 40 heavy (non-hydrogen) atoms. The third kappa shape index (κ3) is 7.73. The van der Waals surface area contributed by atoms with Crippen LogP contribution in [-0.4, -0.2) is 39.2 Å². The van der Waals surface area contributed by atoms with Gasteiger partial charge in [-0.3, -0.25) is 10.1 Å². The number of hydrazone groups is 1. The number of nitrogens with one attached hydrogen (secondary N) is 2. The van der Waals surface area contributed by atoms with Crippen LogP contribution in [0, 0.1) is 23.0 Å². The van der Waals surface area contributed by atoms with Crippen molar-refractivity contribution in [3.8, 4) is 0 Å². The van der Waals surface area contributed by atoms with Gasteiger partial charge in [0.1, 0.15) is 0 Å². The number of aryl methyl sites for hydroxylation is 1. The summed E-state index contributed by atoms with van der Waals surface area (Å²) in [5, 5.41) is 18.4. The first kappa shape index (κ1) is 28.4. The van der Waals surface area contributed by atoms with Crippen LogP contribution in [-0.2, 0) is 6.42 Å². The second kappa shape index (κ2) is 13.5. The van der Waals surface area contributed by atoms with E-state index in [0.717, 1.165) is 43.6 Å². The normalized spacial score (nSPS) is 13.6. The summed E-state index contributed by atoms with van der Waals surface area (Å²) in [6.07, 6.45) is 4.76. The molecule has 2 heterocycles. The molecule has 1 aliphatic rings. The molecule has 0 unspecified atom stereocenters. The summed E-state index contributed by atoms with van der Waals surface area (Å²) in [5.41, 5.74) is 7.04. The third-order valence-electron chi connectivity index (χ3n) is 6.68. The van der Waals surface area contributed by atoms with E-state index in [1.54, 1.807) is 18.3 Å². The third-order valence-corrected chi connectivity index (χ3v) is 6.68. The molecular weight excluding hydrogens is 528 g/mol. The maximum atomic E-state index is 10.9. The molecule has 4 aromatic rings. The molecule has 0 spiro atoms. The van der Waals surface area contributed by atoms with Crippen molar-refractivity contribution in [3.63, 3.8) is 0 Å². The van der Waals surface area contributed by atoms with Gasteiger partial charge in [-0.1, -0.05) is 48.0 Å². The molecule has 0 aliphatic carbocycles. The fourth-order valence-corrected chi connectivity index (χ4v) is 4.51. The zero-order valence-electron chi connectivity index (χ0n) is 22.1. The molecule has 0 amide bonds. The molecule has 0 bridgehead atoms. The molecule has 206 valence electrons. The Bertz CT molecular complexity index is 1430. The topological polar surface area (TPSA) is 121 Å². The van der Waals surface area contributed by atoms with Gasteiger partial charge in [0, 0.05) is 30.9 Å². The van der Waals surface area contributed by atoms with E-state index in [1.807, 2.05) is 31.2 Å². The van der Waals surface area contributed by atoms with Crippen LogP contribution in [0.1, 0.15) is 29.5 Å². The van der Waals surface area contributed by atoms with E-state index in [9.17, 15) is 10.1 Å². The van der Waals surface area contributed by atoms with E-state index >= 15 is 0 Å². The monoisotopic (exact) mass is 558 g/mol. The van der Waals surface area contributed by atoms with Gasteiger partial charge < -0.3 is 10.2 Å². The van der Waals surface area contributed by atoms with Crippen molar-refractivity contribution in [3.05, 3.63) is 106 Å². The van der Waals surface area contributed by atoms with Crippen molar-refractivity contribution < 1.29 is 4.92 Å². The molecule has 0 atom stereocenters. The number of nitro benzene ring substituents is 1. The fraction of sp³-hybridized carbons (Fsp3) is 0.241. The largest absolute Gasteiger partial charge is 0.341 e. The number of piperidine rings is 1. The average molecular weight is 559 g/mol. The Hall–Kier alpha value is -4.57. The van der Waals surface area contributed by atoms with Gasteiger partial charge >= 0.3 is 0 Å². The van der Waals surface area contributed by atoms with E-state index in [2.05, 4.69) is 61.0 Å². The quantitative estimate of drug-likeness (QED) is 0.142. The van der Waals surface area contributed by atoms with Crippen molar-refractivity contribution >= 4 is 47.8 Å². The summed E-state index contributed by atoms with van der Waals surface area (Å²) in [6.45, 7) is 3.76. The van der Waals surface area contributed by atoms with Gasteiger partial charge in [0.05, 0.1) is 11.1 Å². The van der Waals surface area contributed by atoms with Gasteiger partial charge in [0.15, 0.2) is 0 Å². The summed E-state index contributed by atoms with van der Waals surface area (Å²) in [4.78, 5) is 26.5. The second-order valence-corrected chi connectivity index (χ2v) is 9.61. The average Bonchev–Trinajstić information content (AvgIpc) is 2.95. The highest BCUT2D eigenvalue weighted by Crippen LogP contribution is 2.26. The SMILES string of the molecule is Cc1ccc(Nc2nc(NN=Cc3ccc([N+](=O)[O-])cc3)nc(N3CCC(Cc4ccccc4)CC3)n2)cc1.Cl. The molecular formula is C29H31ClN8O2. The number of non-ortho nitro benzene ring substituents is 1. The van der Waals surface area contributed by atoms with Crippen molar-refractivity contribution in [2.75, 3.05) is 28.7 Å². The molecule has 1 fully saturated rings. The molecule has 1 aromatic heterocycles. The van der Waals surface area contributed by atoms with Crippen LogP contribution >= 0.6 is 12.4 Å². The predicted octanol–water partition coefficient (Wildman–Crippen LogP) is 6.16. The Kier molecular flexibility index (Phi) is 9.58. The summed E-state index contributed by atoms with van der Waals surface area (Å²) in [6, 6.07) is 24.8. The van der Waals surface area contributed by atoms with Crippen LogP contribution in [0.4, 0.5) is 29.2 Å². The minimum absolute atomic E-state index is 0. The lowest BCUT2D eigenvalue weighted by molar-refractivity contribution is -0.384. The number of nitrogens with zero attached hydrogens (tertiary/aromatic N) is 6. The Morgan fingerprint density at radius 1 is 0.950 bits per heavy atom. The number of halogens is 1. The number of aromatic nitrogens is 3. The maximum Gasteiger partial charge on any atom is 0.269 e. The number of benzene rings is 3. The van der Waals surface area contributed by atoms with Crippen molar-refractivity contribution in [1.29, 1.82) is 0 Å². The van der Waals surface area contributed by atoms with Crippen LogP contribution < -0.4 is 15.6 Å². The van der Waals surface area contributed by atoms with Crippen LogP contribution in [0.25, 0.3) is 0 Å². The molecule has 11 heteroatoms. The van der Waals surface area contributed by atoms with E-state index in [0.29, 0.717) is 29.3 Å². The number of rotatable bonds is 9. The van der Waals surface area contributed by atoms with Crippen molar-refractivity contribution in [2.24, 2.45) is 11.0 Å². The zero-order valence-corrected chi connectivity index (χ0v) is 22.9. The molecule has 0 saturated carbocycles. The fourth-order valence-electron chi connectivity index (χ4n) is 4.51. The molecule has 10 nitrogen and oxygen atoms in total. The molecule has 1 aliphatic heterocycles. The number of hydrogen-bond donors (Lipinski definition) is 2. The van der Waals surface area contributed by atoms with Gasteiger partial charge in [-0.2, -0.15) is 20.1 Å². The molecule has 5 rings (SSSR count). The lowest BCUT2D eigenvalue weighted by atomic mass is 9.90. The van der Waals surface area contributed by atoms with Crippen molar-refractivity contribution in [1.82, 2.24) is 15.0 Å². The molecule has 1 saturated heterocycles. The summed E-state index contributed by atoms with van der Waals surface area (Å²) < 4.78 is 0. The zero-order chi connectivity index (χ0) is 27.0. The Balaban J connectivity index is 0.00000370. The van der Waals surface area contributed by atoms with Gasteiger partial charge in [-0.25, -0.2) is 5.43 Å². The highest BCUT2D eigenvalue weighted by Gasteiger charge is 2.22. The van der Waals surface area contributed by atoms with Crippen LogP contribution in [0.3, 0.4) is 0 Å². The molecule has 3 aromatic carbocycles. The van der Waals surface area contributed by atoms with Crippen molar-refractivity contribution in [2.45, 2.75) is 26.2 Å². The smallest absolute Gasteiger partial charge is 0.269 e. The molecule has 0 radical (unpaired) electrons. The highest BCUT2D eigenvalue weighted by molar-refractivity contribution is 5.85. The van der Waals surface area contributed by atoms with E-state index in [-0.39, 0.29) is 18.1 Å². The minimum atomic E-state index is -0.432.